The highest BCUT2D eigenvalue weighted by Crippen LogP contribution is 2.35. The molecule has 3 aromatic rings. The Balaban J connectivity index is 2.01. The molecule has 0 saturated carbocycles. The number of nitriles is 1. The summed E-state index contributed by atoms with van der Waals surface area (Å²) < 4.78 is 11.0. The predicted octanol–water partition coefficient (Wildman–Crippen LogP) is 3.19. The number of rotatable bonds is 3. The molecule has 0 atom stereocenters. The van der Waals surface area contributed by atoms with Crippen LogP contribution in [0.15, 0.2) is 47.0 Å². The molecule has 0 aliphatic carbocycles. The van der Waals surface area contributed by atoms with E-state index in [1.54, 1.807) is 24.3 Å². The zero-order valence-corrected chi connectivity index (χ0v) is 10.6. The van der Waals surface area contributed by atoms with Gasteiger partial charge in [0.15, 0.2) is 5.75 Å². The first-order valence-electron chi connectivity index (χ1n) is 5.98. The Bertz CT molecular complexity index is 860. The SMILES string of the molecule is N#Cc1oc2ccccc2c1Oc1ccc(C(=O)O)nc1. The third kappa shape index (κ3) is 2.28. The fourth-order valence-corrected chi connectivity index (χ4v) is 1.88. The van der Waals surface area contributed by atoms with E-state index in [0.717, 1.165) is 0 Å². The van der Waals surface area contributed by atoms with Crippen LogP contribution in [0.5, 0.6) is 11.5 Å². The average molecular weight is 280 g/mol. The highest BCUT2D eigenvalue weighted by Gasteiger charge is 2.16. The number of carboxylic acid groups (broad SMARTS) is 1. The van der Waals surface area contributed by atoms with Crippen LogP contribution < -0.4 is 4.74 Å². The van der Waals surface area contributed by atoms with Crippen LogP contribution in [0.3, 0.4) is 0 Å². The molecule has 0 fully saturated rings. The summed E-state index contributed by atoms with van der Waals surface area (Å²) in [6.45, 7) is 0. The van der Waals surface area contributed by atoms with Crippen molar-refractivity contribution < 1.29 is 19.1 Å². The van der Waals surface area contributed by atoms with E-state index in [1.165, 1.54) is 18.3 Å². The summed E-state index contributed by atoms with van der Waals surface area (Å²) in [5.74, 6) is -0.451. The van der Waals surface area contributed by atoms with Crippen LogP contribution in [0.4, 0.5) is 0 Å². The van der Waals surface area contributed by atoms with Gasteiger partial charge >= 0.3 is 5.97 Å². The Labute approximate surface area is 118 Å². The Morgan fingerprint density at radius 2 is 2.10 bits per heavy atom. The van der Waals surface area contributed by atoms with E-state index in [2.05, 4.69) is 4.98 Å². The van der Waals surface area contributed by atoms with Crippen molar-refractivity contribution in [1.82, 2.24) is 4.98 Å². The first kappa shape index (κ1) is 12.7. The van der Waals surface area contributed by atoms with Crippen molar-refractivity contribution in [2.24, 2.45) is 0 Å². The molecule has 1 N–H and O–H groups in total. The van der Waals surface area contributed by atoms with E-state index >= 15 is 0 Å². The van der Waals surface area contributed by atoms with Gasteiger partial charge in [0.25, 0.3) is 0 Å². The summed E-state index contributed by atoms with van der Waals surface area (Å²) in [5.41, 5.74) is 0.457. The zero-order chi connectivity index (χ0) is 14.8. The number of nitrogens with zero attached hydrogens (tertiary/aromatic N) is 2. The van der Waals surface area contributed by atoms with Gasteiger partial charge in [0.1, 0.15) is 23.1 Å². The lowest BCUT2D eigenvalue weighted by Crippen LogP contribution is -1.99. The fraction of sp³-hybridized carbons (Fsp3) is 0. The van der Waals surface area contributed by atoms with Crippen molar-refractivity contribution in [2.45, 2.75) is 0 Å². The van der Waals surface area contributed by atoms with Crippen LogP contribution in [0.2, 0.25) is 0 Å². The standard InChI is InChI=1S/C15H8N2O4/c16-7-13-14(10-3-1-2-4-12(10)21-13)20-9-5-6-11(15(18)19)17-8-9/h1-6,8H,(H,18,19). The highest BCUT2D eigenvalue weighted by molar-refractivity contribution is 5.87. The van der Waals surface area contributed by atoms with E-state index in [0.29, 0.717) is 16.7 Å². The summed E-state index contributed by atoms with van der Waals surface area (Å²) in [6, 6.07) is 11.8. The molecule has 1 aromatic carbocycles. The first-order valence-corrected chi connectivity index (χ1v) is 5.98. The number of aromatic carboxylic acids is 1. The van der Waals surface area contributed by atoms with Crippen molar-refractivity contribution in [3.63, 3.8) is 0 Å². The topological polar surface area (TPSA) is 96.3 Å². The Kier molecular flexibility index (Phi) is 3.01. The van der Waals surface area contributed by atoms with Gasteiger partial charge in [-0.15, -0.1) is 0 Å². The minimum Gasteiger partial charge on any atom is -0.477 e. The molecule has 6 nitrogen and oxygen atoms in total. The van der Waals surface area contributed by atoms with Gasteiger partial charge in [0.2, 0.25) is 5.76 Å². The minimum absolute atomic E-state index is 0.0542. The molecule has 0 bridgehead atoms. The molecule has 0 aliphatic heterocycles. The number of fused-ring (bicyclic) bond motifs is 1. The van der Waals surface area contributed by atoms with E-state index in [1.807, 2.05) is 6.07 Å². The molecule has 0 radical (unpaired) electrons. The third-order valence-corrected chi connectivity index (χ3v) is 2.83. The van der Waals surface area contributed by atoms with E-state index in [4.69, 9.17) is 19.5 Å². The summed E-state index contributed by atoms with van der Waals surface area (Å²) in [6.07, 6.45) is 1.28. The van der Waals surface area contributed by atoms with Crippen LogP contribution in [0.1, 0.15) is 16.2 Å². The Morgan fingerprint density at radius 3 is 2.76 bits per heavy atom. The molecule has 102 valence electrons. The molecular formula is C15H8N2O4. The van der Waals surface area contributed by atoms with Crippen LogP contribution in [0, 0.1) is 11.3 Å². The van der Waals surface area contributed by atoms with Crippen LogP contribution >= 0.6 is 0 Å². The van der Waals surface area contributed by atoms with Crippen LogP contribution in [0.25, 0.3) is 11.0 Å². The predicted molar refractivity (Wildman–Crippen MR) is 72.2 cm³/mol. The van der Waals surface area contributed by atoms with Crippen molar-refractivity contribution in [1.29, 1.82) is 5.26 Å². The van der Waals surface area contributed by atoms with Gasteiger partial charge in [-0.2, -0.15) is 5.26 Å². The average Bonchev–Trinajstić information content (AvgIpc) is 2.86. The number of hydrogen-bond acceptors (Lipinski definition) is 5. The van der Waals surface area contributed by atoms with Gasteiger partial charge in [0, 0.05) is 0 Å². The second-order valence-electron chi connectivity index (χ2n) is 4.15. The molecule has 0 saturated heterocycles. The van der Waals surface area contributed by atoms with Crippen molar-refractivity contribution in [3.8, 4) is 17.6 Å². The molecule has 0 spiro atoms. The maximum absolute atomic E-state index is 10.7. The number of hydrogen-bond donors (Lipinski definition) is 1. The summed E-state index contributed by atoms with van der Waals surface area (Å²) in [5, 5.41) is 18.6. The molecule has 0 aliphatic rings. The lowest BCUT2D eigenvalue weighted by atomic mass is 10.2. The fourth-order valence-electron chi connectivity index (χ4n) is 1.88. The quantitative estimate of drug-likeness (QED) is 0.791. The van der Waals surface area contributed by atoms with Crippen molar-refractivity contribution in [2.75, 3.05) is 0 Å². The normalized spacial score (nSPS) is 10.2. The maximum atomic E-state index is 10.7. The number of carboxylic acids is 1. The second kappa shape index (κ2) is 4.98. The summed E-state index contributed by atoms with van der Waals surface area (Å²) >= 11 is 0. The molecule has 3 rings (SSSR count). The van der Waals surface area contributed by atoms with Crippen LogP contribution in [-0.4, -0.2) is 16.1 Å². The number of benzene rings is 1. The van der Waals surface area contributed by atoms with Gasteiger partial charge in [0.05, 0.1) is 11.6 Å². The number of aromatic nitrogens is 1. The Hall–Kier alpha value is -3.33. The van der Waals surface area contributed by atoms with Gasteiger partial charge in [-0.25, -0.2) is 9.78 Å². The van der Waals surface area contributed by atoms with Crippen LogP contribution in [-0.2, 0) is 0 Å². The lowest BCUT2D eigenvalue weighted by molar-refractivity contribution is 0.0690. The zero-order valence-electron chi connectivity index (χ0n) is 10.6. The van der Waals surface area contributed by atoms with E-state index in [-0.39, 0.29) is 17.2 Å². The molecule has 21 heavy (non-hydrogen) atoms. The number of carbonyl (C=O) groups is 1. The molecule has 2 heterocycles. The molecule has 0 unspecified atom stereocenters. The largest absolute Gasteiger partial charge is 0.477 e. The Morgan fingerprint density at radius 1 is 1.29 bits per heavy atom. The van der Waals surface area contributed by atoms with Gasteiger partial charge in [-0.1, -0.05) is 12.1 Å². The third-order valence-electron chi connectivity index (χ3n) is 2.83. The molecule has 6 heteroatoms. The van der Waals surface area contributed by atoms with Crippen molar-refractivity contribution >= 4 is 16.9 Å². The lowest BCUT2D eigenvalue weighted by Gasteiger charge is -2.03. The number of ether oxygens (including phenoxy) is 1. The monoisotopic (exact) mass is 280 g/mol. The number of para-hydroxylation sites is 1. The highest BCUT2D eigenvalue weighted by atomic mass is 16.5. The molecular weight excluding hydrogens is 272 g/mol. The van der Waals surface area contributed by atoms with E-state index < -0.39 is 5.97 Å². The van der Waals surface area contributed by atoms with Crippen molar-refractivity contribution in [3.05, 3.63) is 54.0 Å². The number of pyridine rings is 1. The van der Waals surface area contributed by atoms with Gasteiger partial charge in [-0.05, 0) is 24.3 Å². The molecule has 0 amide bonds. The summed E-state index contributed by atoms with van der Waals surface area (Å²) in [7, 11) is 0. The number of furan rings is 1. The first-order chi connectivity index (χ1) is 10.2. The van der Waals surface area contributed by atoms with Gasteiger partial charge < -0.3 is 14.3 Å². The van der Waals surface area contributed by atoms with E-state index in [9.17, 15) is 4.79 Å². The minimum atomic E-state index is -1.12. The molecule has 2 aromatic heterocycles. The smallest absolute Gasteiger partial charge is 0.354 e. The summed E-state index contributed by atoms with van der Waals surface area (Å²) in [4.78, 5) is 14.5. The maximum Gasteiger partial charge on any atom is 0.354 e. The van der Waals surface area contributed by atoms with Gasteiger partial charge in [-0.3, -0.25) is 0 Å². The second-order valence-corrected chi connectivity index (χ2v) is 4.15.